The van der Waals surface area contributed by atoms with Crippen LogP contribution >= 0.6 is 0 Å². The second-order valence-corrected chi connectivity index (χ2v) is 6.84. The summed E-state index contributed by atoms with van der Waals surface area (Å²) < 4.78 is 20.0. The number of halogens is 1. The largest absolute Gasteiger partial charge is 0.481 e. The minimum atomic E-state index is -0.988. The molecule has 5 nitrogen and oxygen atoms in total. The van der Waals surface area contributed by atoms with Crippen LogP contribution in [0.4, 0.5) is 4.39 Å². The van der Waals surface area contributed by atoms with E-state index in [-0.39, 0.29) is 25.1 Å². The van der Waals surface area contributed by atoms with Gasteiger partial charge in [0.15, 0.2) is 0 Å². The molecule has 3 rings (SSSR count). The van der Waals surface area contributed by atoms with Crippen LogP contribution in [0.5, 0.6) is 0 Å². The Labute approximate surface area is 157 Å². The van der Waals surface area contributed by atoms with Crippen LogP contribution in [-0.2, 0) is 9.53 Å². The van der Waals surface area contributed by atoms with E-state index >= 15 is 0 Å². The Bertz CT molecular complexity index is 880. The van der Waals surface area contributed by atoms with Gasteiger partial charge in [-0.25, -0.2) is 4.39 Å². The highest BCUT2D eigenvalue weighted by Crippen LogP contribution is 2.25. The molecule has 1 atom stereocenters. The molecule has 0 aliphatic carbocycles. The van der Waals surface area contributed by atoms with Gasteiger partial charge in [-0.15, -0.1) is 0 Å². The molecule has 1 unspecified atom stereocenters. The number of carbonyl (C=O) groups is 2. The van der Waals surface area contributed by atoms with Crippen LogP contribution in [0.25, 0.3) is 11.1 Å². The van der Waals surface area contributed by atoms with E-state index < -0.39 is 23.8 Å². The average Bonchev–Trinajstić information content (AvgIpc) is 2.63. The fraction of sp³-hybridized carbons (Fsp3) is 0.333. The van der Waals surface area contributed by atoms with Gasteiger partial charge in [-0.2, -0.15) is 0 Å². The minimum absolute atomic E-state index is 0.0152. The van der Waals surface area contributed by atoms with E-state index in [9.17, 15) is 14.0 Å². The molecule has 0 spiro atoms. The molecule has 0 radical (unpaired) electrons. The monoisotopic (exact) mass is 371 g/mol. The van der Waals surface area contributed by atoms with E-state index in [4.69, 9.17) is 9.84 Å². The molecule has 142 valence electrons. The van der Waals surface area contributed by atoms with Gasteiger partial charge < -0.3 is 14.7 Å². The summed E-state index contributed by atoms with van der Waals surface area (Å²) in [5.41, 5.74) is 3.86. The maximum atomic E-state index is 14.7. The number of carbonyl (C=O) groups excluding carboxylic acids is 1. The number of rotatable bonds is 4. The van der Waals surface area contributed by atoms with Gasteiger partial charge in [-0.3, -0.25) is 9.59 Å². The third-order valence-electron chi connectivity index (χ3n) is 4.87. The Hall–Kier alpha value is -2.73. The Balaban J connectivity index is 1.79. The Morgan fingerprint density at radius 1 is 1.15 bits per heavy atom. The zero-order valence-corrected chi connectivity index (χ0v) is 15.4. The van der Waals surface area contributed by atoms with Crippen LogP contribution in [0, 0.1) is 19.7 Å². The molecule has 1 saturated heterocycles. The first-order chi connectivity index (χ1) is 12.8. The van der Waals surface area contributed by atoms with Crippen LogP contribution in [0.3, 0.4) is 0 Å². The fourth-order valence-electron chi connectivity index (χ4n) is 3.18. The number of ether oxygens (including phenoxy) is 1. The van der Waals surface area contributed by atoms with E-state index in [0.29, 0.717) is 12.1 Å². The van der Waals surface area contributed by atoms with E-state index in [0.717, 1.165) is 16.7 Å². The number of benzene rings is 2. The molecule has 1 N–H and O–H groups in total. The molecule has 2 aromatic rings. The Morgan fingerprint density at radius 2 is 1.85 bits per heavy atom. The molecular formula is C21H22FNO4. The van der Waals surface area contributed by atoms with Crippen molar-refractivity contribution in [3.63, 3.8) is 0 Å². The molecular weight excluding hydrogens is 349 g/mol. The summed E-state index contributed by atoms with van der Waals surface area (Å²) in [7, 11) is 0. The van der Waals surface area contributed by atoms with Crippen molar-refractivity contribution in [1.82, 2.24) is 4.90 Å². The number of morpholine rings is 1. The lowest BCUT2D eigenvalue weighted by atomic mass is 9.99. The number of carboxylic acid groups (broad SMARTS) is 1. The van der Waals surface area contributed by atoms with Crippen molar-refractivity contribution in [3.05, 3.63) is 58.9 Å². The second-order valence-electron chi connectivity index (χ2n) is 6.84. The van der Waals surface area contributed by atoms with Crippen molar-refractivity contribution >= 4 is 11.9 Å². The fourth-order valence-corrected chi connectivity index (χ4v) is 3.18. The summed E-state index contributed by atoms with van der Waals surface area (Å²) >= 11 is 0. The molecule has 0 bridgehead atoms. The Kier molecular flexibility index (Phi) is 5.56. The van der Waals surface area contributed by atoms with Crippen molar-refractivity contribution in [2.45, 2.75) is 26.4 Å². The highest BCUT2D eigenvalue weighted by atomic mass is 19.1. The van der Waals surface area contributed by atoms with E-state index in [1.54, 1.807) is 6.07 Å². The summed E-state index contributed by atoms with van der Waals surface area (Å²) in [4.78, 5) is 25.0. The molecule has 27 heavy (non-hydrogen) atoms. The lowest BCUT2D eigenvalue weighted by Gasteiger charge is -2.32. The first-order valence-electron chi connectivity index (χ1n) is 8.85. The summed E-state index contributed by atoms with van der Waals surface area (Å²) in [6, 6.07) is 10.5. The van der Waals surface area contributed by atoms with Crippen molar-refractivity contribution in [2.75, 3.05) is 19.7 Å². The van der Waals surface area contributed by atoms with E-state index in [1.165, 1.54) is 17.0 Å². The van der Waals surface area contributed by atoms with Gasteiger partial charge in [-0.05, 0) is 48.2 Å². The number of aryl methyl sites for hydroxylation is 2. The number of hydrogen-bond acceptors (Lipinski definition) is 3. The number of amides is 1. The van der Waals surface area contributed by atoms with Crippen LogP contribution < -0.4 is 0 Å². The maximum absolute atomic E-state index is 14.7. The van der Waals surface area contributed by atoms with E-state index in [1.807, 2.05) is 32.0 Å². The molecule has 1 aliphatic rings. The van der Waals surface area contributed by atoms with Crippen molar-refractivity contribution in [3.8, 4) is 11.1 Å². The quantitative estimate of drug-likeness (QED) is 0.894. The van der Waals surface area contributed by atoms with Gasteiger partial charge in [0, 0.05) is 13.1 Å². The normalized spacial score (nSPS) is 17.0. The number of hydrogen-bond donors (Lipinski definition) is 1. The summed E-state index contributed by atoms with van der Waals surface area (Å²) in [5, 5.41) is 8.88. The van der Waals surface area contributed by atoms with Gasteiger partial charge in [-0.1, -0.05) is 24.3 Å². The zero-order valence-electron chi connectivity index (χ0n) is 15.4. The first kappa shape index (κ1) is 19.0. The van der Waals surface area contributed by atoms with Gasteiger partial charge >= 0.3 is 5.97 Å². The third-order valence-corrected chi connectivity index (χ3v) is 4.87. The first-order valence-corrected chi connectivity index (χ1v) is 8.85. The van der Waals surface area contributed by atoms with Gasteiger partial charge in [0.1, 0.15) is 5.82 Å². The van der Waals surface area contributed by atoms with Crippen LogP contribution in [0.15, 0.2) is 36.4 Å². The average molecular weight is 371 g/mol. The van der Waals surface area contributed by atoms with Gasteiger partial charge in [0.05, 0.1) is 24.7 Å². The molecule has 1 aliphatic heterocycles. The second kappa shape index (κ2) is 7.88. The number of carboxylic acids is 1. The third kappa shape index (κ3) is 4.34. The summed E-state index contributed by atoms with van der Waals surface area (Å²) in [6.45, 7) is 4.71. The van der Waals surface area contributed by atoms with Crippen molar-refractivity contribution in [2.24, 2.45) is 0 Å². The Morgan fingerprint density at radius 3 is 2.52 bits per heavy atom. The number of nitrogens with zero attached hydrogens (tertiary/aromatic N) is 1. The predicted molar refractivity (Wildman–Crippen MR) is 99.2 cm³/mol. The van der Waals surface area contributed by atoms with Crippen LogP contribution in [-0.4, -0.2) is 47.7 Å². The summed E-state index contributed by atoms with van der Waals surface area (Å²) in [5.74, 6) is -2.02. The zero-order chi connectivity index (χ0) is 19.6. The van der Waals surface area contributed by atoms with Gasteiger partial charge in [0.25, 0.3) is 5.91 Å². The molecule has 2 aromatic carbocycles. The molecule has 1 heterocycles. The van der Waals surface area contributed by atoms with Crippen LogP contribution in [0.2, 0.25) is 0 Å². The highest BCUT2D eigenvalue weighted by Gasteiger charge is 2.28. The van der Waals surface area contributed by atoms with Crippen molar-refractivity contribution in [1.29, 1.82) is 0 Å². The topological polar surface area (TPSA) is 66.8 Å². The highest BCUT2D eigenvalue weighted by molar-refractivity contribution is 5.95. The predicted octanol–water partition coefficient (Wildman–Crippen LogP) is 3.43. The molecule has 1 fully saturated rings. The van der Waals surface area contributed by atoms with Crippen LogP contribution in [0.1, 0.15) is 27.9 Å². The lowest BCUT2D eigenvalue weighted by molar-refractivity contribution is -0.141. The molecule has 0 saturated carbocycles. The van der Waals surface area contributed by atoms with Gasteiger partial charge in [0.2, 0.25) is 0 Å². The molecule has 6 heteroatoms. The SMILES string of the molecule is Cc1ccc(-c2ccc(C(=O)N3CCOC(CC(=O)O)C3)c(F)c2)cc1C. The smallest absolute Gasteiger partial charge is 0.306 e. The van der Waals surface area contributed by atoms with E-state index in [2.05, 4.69) is 0 Å². The molecule has 0 aromatic heterocycles. The summed E-state index contributed by atoms with van der Waals surface area (Å²) in [6.07, 6.45) is -0.754. The van der Waals surface area contributed by atoms with Crippen molar-refractivity contribution < 1.29 is 23.8 Å². The number of aliphatic carboxylic acids is 1. The minimum Gasteiger partial charge on any atom is -0.481 e. The standard InChI is InChI=1S/C21H22FNO4/c1-13-3-4-15(9-14(13)2)16-5-6-18(19(22)10-16)21(26)23-7-8-27-17(12-23)11-20(24)25/h3-6,9-10,17H,7-8,11-12H2,1-2H3,(H,24,25). The lowest BCUT2D eigenvalue weighted by Crippen LogP contribution is -2.46. The molecule has 1 amide bonds. The maximum Gasteiger partial charge on any atom is 0.306 e.